The molecule has 0 aliphatic rings. The van der Waals surface area contributed by atoms with Gasteiger partial charge in [-0.3, -0.25) is 0 Å². The van der Waals surface area contributed by atoms with Gasteiger partial charge in [-0.1, -0.05) is 15.9 Å². The van der Waals surface area contributed by atoms with Crippen molar-refractivity contribution in [3.05, 3.63) is 28.2 Å². The first-order valence-corrected chi connectivity index (χ1v) is 6.08. The molecule has 0 aromatic heterocycles. The summed E-state index contributed by atoms with van der Waals surface area (Å²) >= 11 is 3.35. The number of aliphatic hydroxyl groups is 2. The van der Waals surface area contributed by atoms with Gasteiger partial charge in [-0.2, -0.15) is 0 Å². The lowest BCUT2D eigenvalue weighted by atomic mass is 10.1. The van der Waals surface area contributed by atoms with Gasteiger partial charge in [0.1, 0.15) is 5.75 Å². The van der Waals surface area contributed by atoms with Crippen LogP contribution in [0.15, 0.2) is 22.7 Å². The van der Waals surface area contributed by atoms with E-state index in [4.69, 9.17) is 9.84 Å². The SMILES string of the molecule is CC(O)CCOc1ccc(Br)cc1[C@H](C)O. The van der Waals surface area contributed by atoms with Gasteiger partial charge in [0.2, 0.25) is 0 Å². The van der Waals surface area contributed by atoms with Crippen molar-refractivity contribution in [2.45, 2.75) is 32.5 Å². The fraction of sp³-hybridized carbons (Fsp3) is 0.500. The molecule has 0 heterocycles. The van der Waals surface area contributed by atoms with Crippen LogP contribution in [-0.2, 0) is 0 Å². The van der Waals surface area contributed by atoms with E-state index in [2.05, 4.69) is 15.9 Å². The quantitative estimate of drug-likeness (QED) is 0.876. The lowest BCUT2D eigenvalue weighted by Gasteiger charge is -2.14. The number of hydrogen-bond donors (Lipinski definition) is 2. The molecule has 1 aromatic rings. The molecule has 3 nitrogen and oxygen atoms in total. The largest absolute Gasteiger partial charge is 0.493 e. The number of rotatable bonds is 5. The molecule has 4 heteroatoms. The van der Waals surface area contributed by atoms with Crippen molar-refractivity contribution < 1.29 is 14.9 Å². The summed E-state index contributed by atoms with van der Waals surface area (Å²) in [5, 5.41) is 18.7. The fourth-order valence-corrected chi connectivity index (χ4v) is 1.70. The van der Waals surface area contributed by atoms with Crippen LogP contribution < -0.4 is 4.74 Å². The second kappa shape index (κ2) is 6.23. The third kappa shape index (κ3) is 4.12. The maximum atomic E-state index is 9.59. The van der Waals surface area contributed by atoms with Crippen molar-refractivity contribution in [3.8, 4) is 5.75 Å². The van der Waals surface area contributed by atoms with E-state index in [0.717, 1.165) is 10.0 Å². The Kier molecular flexibility index (Phi) is 5.25. The van der Waals surface area contributed by atoms with Crippen molar-refractivity contribution >= 4 is 15.9 Å². The van der Waals surface area contributed by atoms with E-state index < -0.39 is 6.10 Å². The minimum atomic E-state index is -0.570. The Bertz CT molecular complexity index is 337. The van der Waals surface area contributed by atoms with Gasteiger partial charge in [0.25, 0.3) is 0 Å². The molecule has 1 rings (SSSR count). The zero-order valence-corrected chi connectivity index (χ0v) is 11.1. The highest BCUT2D eigenvalue weighted by Crippen LogP contribution is 2.28. The third-order valence-electron chi connectivity index (χ3n) is 2.22. The smallest absolute Gasteiger partial charge is 0.125 e. The topological polar surface area (TPSA) is 49.7 Å². The second-order valence-electron chi connectivity index (χ2n) is 3.84. The third-order valence-corrected chi connectivity index (χ3v) is 2.71. The zero-order chi connectivity index (χ0) is 12.1. The van der Waals surface area contributed by atoms with Crippen LogP contribution in [-0.4, -0.2) is 22.9 Å². The Hall–Kier alpha value is -0.580. The zero-order valence-electron chi connectivity index (χ0n) is 9.48. The Balaban J connectivity index is 2.71. The van der Waals surface area contributed by atoms with Gasteiger partial charge in [0, 0.05) is 16.5 Å². The lowest BCUT2D eigenvalue weighted by molar-refractivity contribution is 0.151. The van der Waals surface area contributed by atoms with Gasteiger partial charge in [-0.05, 0) is 32.0 Å². The number of halogens is 1. The van der Waals surface area contributed by atoms with Crippen molar-refractivity contribution in [2.24, 2.45) is 0 Å². The molecule has 90 valence electrons. The number of benzene rings is 1. The maximum absolute atomic E-state index is 9.59. The van der Waals surface area contributed by atoms with E-state index in [-0.39, 0.29) is 6.10 Å². The average molecular weight is 289 g/mol. The molecule has 1 aromatic carbocycles. The molecule has 0 spiro atoms. The Labute approximate surface area is 104 Å². The van der Waals surface area contributed by atoms with Crippen LogP contribution in [0, 0.1) is 0 Å². The van der Waals surface area contributed by atoms with E-state index in [0.29, 0.717) is 18.8 Å². The molecular formula is C12H17BrO3. The standard InChI is InChI=1S/C12H17BrO3/c1-8(14)5-6-16-12-4-3-10(13)7-11(12)9(2)15/h3-4,7-9,14-15H,5-6H2,1-2H3/t8?,9-/m0/s1. The molecule has 0 bridgehead atoms. The normalized spacial score (nSPS) is 14.6. The van der Waals surface area contributed by atoms with Gasteiger partial charge < -0.3 is 14.9 Å². The summed E-state index contributed by atoms with van der Waals surface area (Å²) < 4.78 is 6.43. The van der Waals surface area contributed by atoms with E-state index in [1.165, 1.54) is 0 Å². The summed E-state index contributed by atoms with van der Waals surface area (Å²) in [6.45, 7) is 3.86. The molecule has 0 aliphatic carbocycles. The Morgan fingerprint density at radius 2 is 2.00 bits per heavy atom. The van der Waals surface area contributed by atoms with Crippen LogP contribution in [0.1, 0.15) is 31.9 Å². The van der Waals surface area contributed by atoms with Crippen LogP contribution in [0.3, 0.4) is 0 Å². The first-order chi connectivity index (χ1) is 7.50. The van der Waals surface area contributed by atoms with Gasteiger partial charge >= 0.3 is 0 Å². The number of hydrogen-bond acceptors (Lipinski definition) is 3. The van der Waals surface area contributed by atoms with Crippen molar-refractivity contribution in [1.29, 1.82) is 0 Å². The second-order valence-corrected chi connectivity index (χ2v) is 4.76. The molecule has 2 N–H and O–H groups in total. The van der Waals surface area contributed by atoms with Crippen molar-refractivity contribution in [3.63, 3.8) is 0 Å². The Morgan fingerprint density at radius 3 is 2.56 bits per heavy atom. The van der Waals surface area contributed by atoms with Gasteiger partial charge in [0.15, 0.2) is 0 Å². The highest BCUT2D eigenvalue weighted by Gasteiger charge is 2.10. The molecule has 1 unspecified atom stereocenters. The number of aliphatic hydroxyl groups excluding tert-OH is 2. The van der Waals surface area contributed by atoms with Crippen molar-refractivity contribution in [1.82, 2.24) is 0 Å². The molecule has 0 aliphatic heterocycles. The van der Waals surface area contributed by atoms with Crippen LogP contribution in [0.2, 0.25) is 0 Å². The van der Waals surface area contributed by atoms with E-state index in [1.54, 1.807) is 13.8 Å². The van der Waals surface area contributed by atoms with Crippen LogP contribution in [0.5, 0.6) is 5.75 Å². The van der Waals surface area contributed by atoms with Crippen LogP contribution in [0.4, 0.5) is 0 Å². The predicted octanol–water partition coefficient (Wildman–Crippen LogP) is 2.65. The summed E-state index contributed by atoms with van der Waals surface area (Å²) in [5.41, 5.74) is 0.750. The average Bonchev–Trinajstić information content (AvgIpc) is 2.19. The minimum Gasteiger partial charge on any atom is -0.493 e. The first kappa shape index (κ1) is 13.5. The maximum Gasteiger partial charge on any atom is 0.125 e. The van der Waals surface area contributed by atoms with E-state index in [1.807, 2.05) is 18.2 Å². The van der Waals surface area contributed by atoms with Crippen LogP contribution in [0.25, 0.3) is 0 Å². The monoisotopic (exact) mass is 288 g/mol. The lowest BCUT2D eigenvalue weighted by Crippen LogP contribution is -2.09. The molecule has 0 radical (unpaired) electrons. The summed E-state index contributed by atoms with van der Waals surface area (Å²) in [5.74, 6) is 0.666. The molecule has 2 atom stereocenters. The van der Waals surface area contributed by atoms with Gasteiger partial charge in [-0.25, -0.2) is 0 Å². The minimum absolute atomic E-state index is 0.370. The molecule has 16 heavy (non-hydrogen) atoms. The fourth-order valence-electron chi connectivity index (χ4n) is 1.32. The summed E-state index contributed by atoms with van der Waals surface area (Å²) in [7, 11) is 0. The first-order valence-electron chi connectivity index (χ1n) is 5.29. The molecule has 0 saturated carbocycles. The van der Waals surface area contributed by atoms with E-state index >= 15 is 0 Å². The summed E-state index contributed by atoms with van der Waals surface area (Å²) in [6, 6.07) is 5.51. The molecule has 0 fully saturated rings. The summed E-state index contributed by atoms with van der Waals surface area (Å²) in [6.07, 6.45) is -0.362. The number of ether oxygens (including phenoxy) is 1. The highest BCUT2D eigenvalue weighted by atomic mass is 79.9. The summed E-state index contributed by atoms with van der Waals surface area (Å²) in [4.78, 5) is 0. The molecular weight excluding hydrogens is 272 g/mol. The van der Waals surface area contributed by atoms with Crippen LogP contribution >= 0.6 is 15.9 Å². The van der Waals surface area contributed by atoms with Crippen molar-refractivity contribution in [2.75, 3.05) is 6.61 Å². The molecule has 0 amide bonds. The Morgan fingerprint density at radius 1 is 1.31 bits per heavy atom. The highest BCUT2D eigenvalue weighted by molar-refractivity contribution is 9.10. The van der Waals surface area contributed by atoms with E-state index in [9.17, 15) is 5.11 Å². The van der Waals surface area contributed by atoms with Gasteiger partial charge in [-0.15, -0.1) is 0 Å². The predicted molar refractivity (Wildman–Crippen MR) is 66.6 cm³/mol. The van der Waals surface area contributed by atoms with Gasteiger partial charge in [0.05, 0.1) is 18.8 Å². The molecule has 0 saturated heterocycles.